The van der Waals surface area contributed by atoms with Crippen LogP contribution in [0.25, 0.3) is 0 Å². The van der Waals surface area contributed by atoms with E-state index < -0.39 is 0 Å². The first-order chi connectivity index (χ1) is 8.35. The quantitative estimate of drug-likeness (QED) is 0.566. The Morgan fingerprint density at radius 3 is 2.11 bits per heavy atom. The summed E-state index contributed by atoms with van der Waals surface area (Å²) in [7, 11) is 1.72. The highest BCUT2D eigenvalue weighted by Crippen LogP contribution is 2.21. The summed E-state index contributed by atoms with van der Waals surface area (Å²) < 4.78 is 21.9. The second-order valence-electron chi connectivity index (χ2n) is 6.13. The topological polar surface area (TPSA) is 40.2 Å². The van der Waals surface area contributed by atoms with Gasteiger partial charge in [0.05, 0.1) is 31.0 Å². The van der Waals surface area contributed by atoms with Gasteiger partial charge >= 0.3 is 0 Å². The molecule has 0 unspecified atom stereocenters. The highest BCUT2D eigenvalue weighted by Gasteiger charge is 2.28. The van der Waals surface area contributed by atoms with Crippen LogP contribution in [0, 0.1) is 0 Å². The number of methoxy groups -OCH3 is 1. The molecule has 18 heavy (non-hydrogen) atoms. The summed E-state index contributed by atoms with van der Waals surface area (Å²) in [5.74, 6) is 0. The van der Waals surface area contributed by atoms with Crippen molar-refractivity contribution in [1.29, 1.82) is 0 Å². The number of ether oxygens (including phenoxy) is 4. The third kappa shape index (κ3) is 7.31. The van der Waals surface area contributed by atoms with Crippen LogP contribution in [-0.2, 0) is 18.9 Å². The van der Waals surface area contributed by atoms with Crippen molar-refractivity contribution in [3.05, 3.63) is 0 Å². The maximum Gasteiger partial charge on any atom is 0.104 e. The monoisotopic (exact) mass is 260 g/mol. The first-order valence-electron chi connectivity index (χ1n) is 6.73. The largest absolute Gasteiger partial charge is 0.385 e. The Kier molecular flexibility index (Phi) is 6.05. The lowest BCUT2D eigenvalue weighted by molar-refractivity contribution is -0.0811. The van der Waals surface area contributed by atoms with Gasteiger partial charge < -0.3 is 18.9 Å². The molecule has 0 radical (unpaired) electrons. The first kappa shape index (κ1) is 15.9. The van der Waals surface area contributed by atoms with Gasteiger partial charge in [0.15, 0.2) is 0 Å². The van der Waals surface area contributed by atoms with Crippen LogP contribution in [0.2, 0.25) is 0 Å². The molecule has 0 N–H and O–H groups in total. The lowest BCUT2D eigenvalue weighted by Crippen LogP contribution is -2.32. The van der Waals surface area contributed by atoms with Crippen molar-refractivity contribution in [1.82, 2.24) is 0 Å². The Bertz CT molecular complexity index is 234. The van der Waals surface area contributed by atoms with E-state index in [0.29, 0.717) is 19.3 Å². The molecule has 1 aliphatic rings. The average molecular weight is 260 g/mol. The summed E-state index contributed by atoms with van der Waals surface area (Å²) in [6, 6.07) is 0. The Morgan fingerprint density at radius 2 is 1.56 bits per heavy atom. The fourth-order valence-electron chi connectivity index (χ4n) is 1.55. The minimum absolute atomic E-state index is 0.133. The zero-order valence-corrected chi connectivity index (χ0v) is 12.5. The highest BCUT2D eigenvalue weighted by molar-refractivity contribution is 4.75. The van der Waals surface area contributed by atoms with Crippen molar-refractivity contribution in [2.45, 2.75) is 57.8 Å². The number of rotatable bonds is 10. The van der Waals surface area contributed by atoms with Crippen LogP contribution in [0.4, 0.5) is 0 Å². The van der Waals surface area contributed by atoms with Gasteiger partial charge in [-0.2, -0.15) is 0 Å². The van der Waals surface area contributed by atoms with Gasteiger partial charge in [-0.05, 0) is 40.5 Å². The third-order valence-electron chi connectivity index (χ3n) is 3.17. The molecule has 0 spiro atoms. The Morgan fingerprint density at radius 1 is 1.00 bits per heavy atom. The minimum atomic E-state index is -0.150. The zero-order valence-electron chi connectivity index (χ0n) is 12.5. The third-order valence-corrected chi connectivity index (χ3v) is 3.17. The van der Waals surface area contributed by atoms with Crippen LogP contribution in [0.3, 0.4) is 0 Å². The van der Waals surface area contributed by atoms with Gasteiger partial charge in [0.2, 0.25) is 0 Å². The van der Waals surface area contributed by atoms with E-state index in [4.69, 9.17) is 18.9 Å². The normalized spacial score (nSPS) is 20.2. The van der Waals surface area contributed by atoms with Crippen molar-refractivity contribution in [3.8, 4) is 0 Å². The van der Waals surface area contributed by atoms with Crippen molar-refractivity contribution in [2.24, 2.45) is 0 Å². The van der Waals surface area contributed by atoms with Gasteiger partial charge in [-0.25, -0.2) is 0 Å². The van der Waals surface area contributed by atoms with Crippen LogP contribution >= 0.6 is 0 Å². The van der Waals surface area contributed by atoms with Gasteiger partial charge in [0.1, 0.15) is 6.10 Å². The molecule has 0 bridgehead atoms. The second-order valence-corrected chi connectivity index (χ2v) is 6.13. The van der Waals surface area contributed by atoms with E-state index in [1.807, 2.05) is 0 Å². The molecule has 0 amide bonds. The molecule has 108 valence electrons. The maximum absolute atomic E-state index is 5.90. The van der Waals surface area contributed by atoms with E-state index in [1.54, 1.807) is 7.11 Å². The van der Waals surface area contributed by atoms with E-state index in [9.17, 15) is 0 Å². The molecule has 0 aliphatic carbocycles. The van der Waals surface area contributed by atoms with Crippen molar-refractivity contribution >= 4 is 0 Å². The number of epoxide rings is 1. The zero-order chi connectivity index (χ0) is 13.6. The fourth-order valence-corrected chi connectivity index (χ4v) is 1.55. The molecule has 1 saturated heterocycles. The van der Waals surface area contributed by atoms with E-state index in [1.165, 1.54) is 0 Å². The van der Waals surface area contributed by atoms with Crippen LogP contribution in [0.5, 0.6) is 0 Å². The number of hydrogen-bond acceptors (Lipinski definition) is 4. The van der Waals surface area contributed by atoms with Crippen molar-refractivity contribution in [3.63, 3.8) is 0 Å². The molecule has 4 heteroatoms. The summed E-state index contributed by atoms with van der Waals surface area (Å²) in [5, 5.41) is 0. The Balaban J connectivity index is 2.13. The van der Waals surface area contributed by atoms with Gasteiger partial charge in [-0.3, -0.25) is 0 Å². The molecule has 1 aliphatic heterocycles. The van der Waals surface area contributed by atoms with Crippen LogP contribution < -0.4 is 0 Å². The van der Waals surface area contributed by atoms with Gasteiger partial charge in [0, 0.05) is 13.7 Å². The first-order valence-corrected chi connectivity index (χ1v) is 6.73. The summed E-state index contributed by atoms with van der Waals surface area (Å²) >= 11 is 0. The molecule has 0 aromatic heterocycles. The predicted molar refractivity (Wildman–Crippen MR) is 70.9 cm³/mol. The average Bonchev–Trinajstić information content (AvgIpc) is 3.07. The molecule has 1 rings (SSSR count). The molecule has 0 saturated carbocycles. The molecule has 1 atom stereocenters. The van der Waals surface area contributed by atoms with Crippen LogP contribution in [0.1, 0.15) is 40.5 Å². The van der Waals surface area contributed by atoms with Crippen LogP contribution in [0.15, 0.2) is 0 Å². The summed E-state index contributed by atoms with van der Waals surface area (Å²) in [5.41, 5.74) is -0.283. The van der Waals surface area contributed by atoms with E-state index >= 15 is 0 Å². The molecule has 0 aromatic carbocycles. The molecular formula is C14H28O4. The minimum Gasteiger partial charge on any atom is -0.385 e. The van der Waals surface area contributed by atoms with Crippen molar-refractivity contribution in [2.75, 3.05) is 33.5 Å². The van der Waals surface area contributed by atoms with Crippen molar-refractivity contribution < 1.29 is 18.9 Å². The lowest BCUT2D eigenvalue weighted by atomic mass is 10.0. The van der Waals surface area contributed by atoms with Gasteiger partial charge in [-0.1, -0.05) is 0 Å². The molecule has 0 aromatic rings. The molecule has 1 heterocycles. The fraction of sp³-hybridized carbons (Fsp3) is 1.00. The summed E-state index contributed by atoms with van der Waals surface area (Å²) in [6.07, 6.45) is 2.11. The maximum atomic E-state index is 5.90. The lowest BCUT2D eigenvalue weighted by Gasteiger charge is -2.29. The SMILES string of the molecule is COCCC(C)(C)OCCC(C)(C)OC[C@H]1CO1. The van der Waals surface area contributed by atoms with Crippen LogP contribution in [-0.4, -0.2) is 50.8 Å². The smallest absolute Gasteiger partial charge is 0.104 e. The Labute approximate surface area is 111 Å². The summed E-state index contributed by atoms with van der Waals surface area (Å²) in [4.78, 5) is 0. The summed E-state index contributed by atoms with van der Waals surface area (Å²) in [6.45, 7) is 11.4. The van der Waals surface area contributed by atoms with E-state index in [2.05, 4.69) is 27.7 Å². The molecular weight excluding hydrogens is 232 g/mol. The number of hydrogen-bond donors (Lipinski definition) is 0. The van der Waals surface area contributed by atoms with E-state index in [0.717, 1.165) is 26.1 Å². The predicted octanol–water partition coefficient (Wildman–Crippen LogP) is 2.40. The standard InChI is InChI=1S/C14H28O4/c1-13(2,6-8-15-5)17-9-7-14(3,4)18-11-12-10-16-12/h12H,6-11H2,1-5H3/t12-/m1/s1. The van der Waals surface area contributed by atoms with Gasteiger partial charge in [0.25, 0.3) is 0 Å². The van der Waals surface area contributed by atoms with E-state index in [-0.39, 0.29) is 11.2 Å². The molecule has 1 fully saturated rings. The van der Waals surface area contributed by atoms with Gasteiger partial charge in [-0.15, -0.1) is 0 Å². The second kappa shape index (κ2) is 6.85. The Hall–Kier alpha value is -0.160. The highest BCUT2D eigenvalue weighted by atomic mass is 16.6. The molecule has 4 nitrogen and oxygen atoms in total.